The van der Waals surface area contributed by atoms with Crippen LogP contribution >= 0.6 is 23.5 Å². The molecule has 10 atom stereocenters. The molecule has 1 saturated heterocycles. The lowest BCUT2D eigenvalue weighted by atomic mass is 9.76. The van der Waals surface area contributed by atoms with E-state index in [1.54, 1.807) is 49.3 Å². The number of sulfone groups is 2. The molecule has 0 spiro atoms. The molecule has 2 aromatic carbocycles. The molecule has 48 nitrogen and oxygen atoms in total. The second-order valence-electron chi connectivity index (χ2n) is 36.6. The lowest BCUT2D eigenvalue weighted by molar-refractivity contribution is -0.143. The fourth-order valence-electron chi connectivity index (χ4n) is 16.3. The van der Waals surface area contributed by atoms with Crippen LogP contribution in [-0.4, -0.2) is 444 Å². The van der Waals surface area contributed by atoms with Crippen molar-refractivity contribution in [3.8, 4) is 0 Å². The van der Waals surface area contributed by atoms with E-state index in [9.17, 15) is 120 Å². The first-order valence-corrected chi connectivity index (χ1v) is 56.0. The van der Waals surface area contributed by atoms with Gasteiger partial charge in [0.05, 0.1) is 159 Å². The predicted octanol–water partition coefficient (Wildman–Crippen LogP) is -1.04. The van der Waals surface area contributed by atoms with Crippen molar-refractivity contribution in [2.45, 2.75) is 129 Å². The number of carboxylic acids is 6. The zero-order chi connectivity index (χ0) is 109. The van der Waals surface area contributed by atoms with Gasteiger partial charge in [-0.05, 0) is 123 Å². The van der Waals surface area contributed by atoms with Crippen molar-refractivity contribution >= 4 is 133 Å². The molecule has 0 radical (unpaired) electrons. The molecular weight excluding hydrogens is 2020 g/mol. The molecule has 1 fully saturated rings. The molecule has 2 aromatic rings. The average molecular weight is 2180 g/mol. The van der Waals surface area contributed by atoms with Crippen LogP contribution in [0.1, 0.15) is 125 Å². The first-order valence-electron chi connectivity index (χ1n) is 50.0. The van der Waals surface area contributed by atoms with E-state index in [1.165, 1.54) is 16.7 Å². The van der Waals surface area contributed by atoms with Crippen LogP contribution in [0.2, 0.25) is 0 Å². The third-order valence-electron chi connectivity index (χ3n) is 24.6. The van der Waals surface area contributed by atoms with Crippen LogP contribution in [0, 0.1) is 41.4 Å². The number of hydrogen-bond donors (Lipinski definition) is 17. The Labute approximate surface area is 874 Å². The number of rotatable bonds is 79. The van der Waals surface area contributed by atoms with Crippen molar-refractivity contribution in [2.24, 2.45) is 52.9 Å². The summed E-state index contributed by atoms with van der Waals surface area (Å²) in [4.78, 5) is 198. The largest absolute Gasteiger partial charge is 0.481 e. The minimum atomic E-state index is -3.66. The molecule has 4 rings (SSSR count). The SMILES string of the molecule is CC(O)NCCSCCS(=O)(=O)CCOC(=O)NCCOCCOCCNC(=O)C(CC(C)C(=O)NCCOCCOCCNCC(=O)N1CCN(CC(=O)O)CCN(CC(=O)O)CCN(CC(=O)O)CC1)CC(CC(CC(CC(C)C(=O)O)c1ccc2c(c1)CCc1ccc(C(CC(C)C(=O)O)CC(C)C(=O)O)cc1CC2)C(N)=O)C(=O)NCCOCCOCCNC(=O)OCCS(=O)(=O)CCSCC(C=O)NC(=O)CN. The number of hydrogen-bond acceptors (Lipinski definition) is 36. The number of aliphatic hydroxyl groups is 1. The fraction of sp³-hybridized carbons (Fsp3) is 0.719. The van der Waals surface area contributed by atoms with Gasteiger partial charge in [-0.1, -0.05) is 64.1 Å². The van der Waals surface area contributed by atoms with E-state index in [0.29, 0.717) is 55.6 Å². The van der Waals surface area contributed by atoms with Gasteiger partial charge in [0, 0.05) is 145 Å². The number of carboxylic acid groups (broad SMARTS) is 6. The van der Waals surface area contributed by atoms with Crippen molar-refractivity contribution < 1.29 is 162 Å². The second kappa shape index (κ2) is 74.3. The number of nitrogens with zero attached hydrogens (tertiary/aromatic N) is 4. The summed E-state index contributed by atoms with van der Waals surface area (Å²) >= 11 is 2.52. The van der Waals surface area contributed by atoms with Crippen molar-refractivity contribution in [1.29, 1.82) is 0 Å². The molecule has 8 amide bonds. The molecule has 10 unspecified atom stereocenters. The number of primary amides is 1. The van der Waals surface area contributed by atoms with Crippen LogP contribution in [-0.2, 0) is 146 Å². The van der Waals surface area contributed by atoms with Crippen LogP contribution in [0.3, 0.4) is 0 Å². The topological polar surface area (TPSA) is 701 Å². The van der Waals surface area contributed by atoms with Gasteiger partial charge in [-0.3, -0.25) is 77.6 Å². The molecule has 840 valence electrons. The van der Waals surface area contributed by atoms with Gasteiger partial charge in [-0.15, -0.1) is 0 Å². The Balaban J connectivity index is 1.54. The van der Waals surface area contributed by atoms with Crippen molar-refractivity contribution in [3.05, 3.63) is 69.8 Å². The normalized spacial score (nSPS) is 15.8. The van der Waals surface area contributed by atoms with Gasteiger partial charge in [-0.25, -0.2) is 26.4 Å². The van der Waals surface area contributed by atoms with E-state index in [0.717, 1.165) is 39.6 Å². The van der Waals surface area contributed by atoms with E-state index in [4.69, 9.17) is 49.4 Å². The van der Waals surface area contributed by atoms with Gasteiger partial charge in [0.25, 0.3) is 0 Å². The summed E-state index contributed by atoms with van der Waals surface area (Å²) in [6.07, 6.45) is 0.0530. The molecule has 1 aliphatic heterocycles. The van der Waals surface area contributed by atoms with Crippen LogP contribution < -0.4 is 54.0 Å². The first kappa shape index (κ1) is 131. The summed E-state index contributed by atoms with van der Waals surface area (Å²) in [5.41, 5.74) is 17.3. The van der Waals surface area contributed by atoms with Crippen molar-refractivity contribution in [3.63, 3.8) is 0 Å². The highest BCUT2D eigenvalue weighted by molar-refractivity contribution is 8.01. The molecule has 52 heteroatoms. The molecule has 0 bridgehead atoms. The molecule has 0 aromatic heterocycles. The fourth-order valence-corrected chi connectivity index (χ4v) is 21.4. The number of nitrogens with two attached hydrogens (primary N) is 2. The maximum Gasteiger partial charge on any atom is 0.407 e. The van der Waals surface area contributed by atoms with Gasteiger partial charge in [0.1, 0.15) is 25.7 Å². The zero-order valence-corrected chi connectivity index (χ0v) is 88.9. The lowest BCUT2D eigenvalue weighted by Gasteiger charge is -2.33. The smallest absolute Gasteiger partial charge is 0.407 e. The first-order chi connectivity index (χ1) is 70.5. The lowest BCUT2D eigenvalue weighted by Crippen LogP contribution is -2.50. The number of ether oxygens (including phenoxy) is 8. The number of benzene rings is 2. The number of nitrogens with one attached hydrogen (secondary N) is 8. The molecule has 1 heterocycles. The van der Waals surface area contributed by atoms with Gasteiger partial charge < -0.3 is 132 Å². The molecule has 19 N–H and O–H groups in total. The molecule has 0 saturated carbocycles. The van der Waals surface area contributed by atoms with Gasteiger partial charge in [-0.2, -0.15) is 23.5 Å². The Morgan fingerprint density at radius 1 is 0.419 bits per heavy atom. The molecule has 1 aliphatic carbocycles. The number of fused-ring (bicyclic) bond motifs is 2. The summed E-state index contributed by atoms with van der Waals surface area (Å²) in [5, 5.41) is 90.1. The maximum atomic E-state index is 15.1. The Bertz CT molecular complexity index is 4600. The average Bonchev–Trinajstić information content (AvgIpc) is 0.800. The predicted molar refractivity (Wildman–Crippen MR) is 548 cm³/mol. The Morgan fingerprint density at radius 3 is 1.18 bits per heavy atom. The van der Waals surface area contributed by atoms with E-state index < -0.39 is 169 Å². The summed E-state index contributed by atoms with van der Waals surface area (Å²) in [7, 11) is -7.18. The number of carbonyl (C=O) groups excluding carboxylic acids is 9. The van der Waals surface area contributed by atoms with E-state index in [2.05, 4.69) is 48.6 Å². The Morgan fingerprint density at radius 2 is 0.791 bits per heavy atom. The number of alkyl carbamates (subject to hydrolysis) is 2. The molecule has 2 aliphatic rings. The minimum Gasteiger partial charge on any atom is -0.481 e. The van der Waals surface area contributed by atoms with E-state index in [-0.39, 0.29) is 296 Å². The van der Waals surface area contributed by atoms with Crippen LogP contribution in [0.4, 0.5) is 9.59 Å². The number of aliphatic carboxylic acids is 6. The number of aryl methyl sites for hydroxylation is 4. The third kappa shape index (κ3) is 58.7. The van der Waals surface area contributed by atoms with Crippen LogP contribution in [0.5, 0.6) is 0 Å². The van der Waals surface area contributed by atoms with Gasteiger partial charge in [0.15, 0.2) is 19.7 Å². The monoisotopic (exact) mass is 2180 g/mol. The van der Waals surface area contributed by atoms with Crippen molar-refractivity contribution in [1.82, 2.24) is 62.1 Å². The van der Waals surface area contributed by atoms with Crippen LogP contribution in [0.25, 0.3) is 0 Å². The number of thioether (sulfide) groups is 2. The standard InChI is InChI=1S/C96H158N14O34S4/c1-66(89(122)101-15-30-138-36-35-137-29-14-99-60-84(114)110-27-25-108(62-86(117)118)23-21-107(61-85(115)116)22-24-109(26-28-110)63-87(119)120)50-80(90(123)102-16-31-139-37-39-141-33-18-104-95(131)143-41-46-147(133,134)48-44-145-43-20-100-70(5)112)58-81(91(124)103-17-32-140-38-40-142-34-19-105-96(132)144-42-47-148(135,136)49-45-146-65-82(64-111)106-83(113)59-97)57-79(88(98)121)56-78(53-69(4)94(129)130)76-13-9-72-6-10-73-54-75(12-8-71(73)7-11-74(72)55-76)77(51-67(2)92(125)126)52-68(3)93(127)128/h8-9,12-13,54-55,64,66-70,77-82,99-100,112H,6-7,10-11,14-53,56-63,65,97H2,1-5H3,(H2,98,121)(H,101,122)(H,102,123)(H,103,124)(H,104,131)(H,105,132)(H,106,113)(H,115,116)(H,117,118)(H,119,120)(H,125,126)(H,127,128)(H,129,130). The highest BCUT2D eigenvalue weighted by Crippen LogP contribution is 2.38. The molecule has 148 heavy (non-hydrogen) atoms. The van der Waals surface area contributed by atoms with Crippen LogP contribution in [0.15, 0.2) is 36.4 Å². The van der Waals surface area contributed by atoms with Crippen molar-refractivity contribution in [2.75, 3.05) is 269 Å². The highest BCUT2D eigenvalue weighted by atomic mass is 32.2. The van der Waals surface area contributed by atoms with Gasteiger partial charge in [0.2, 0.25) is 35.4 Å². The summed E-state index contributed by atoms with van der Waals surface area (Å²) in [5.74, 6) is -17.9. The molecular formula is C96H158N14O34S4. The highest BCUT2D eigenvalue weighted by Gasteiger charge is 2.37. The number of amides is 8. The van der Waals surface area contributed by atoms with E-state index >= 15 is 4.79 Å². The van der Waals surface area contributed by atoms with E-state index in [1.807, 2.05) is 30.3 Å². The Hall–Kier alpha value is -9.63. The summed E-state index contributed by atoms with van der Waals surface area (Å²) in [6.45, 7) is 7.45. The Kier molecular flexibility index (Phi) is 65.6. The second-order valence-corrected chi connectivity index (χ2v) is 43.6. The third-order valence-corrected chi connectivity index (χ3v) is 30.4. The number of aliphatic hydroxyl groups excluding tert-OH is 1. The summed E-state index contributed by atoms with van der Waals surface area (Å²) < 4.78 is 94.5. The quantitative estimate of drug-likeness (QED) is 0.0214. The minimum absolute atomic E-state index is 0.000893. The van der Waals surface area contributed by atoms with Gasteiger partial charge >= 0.3 is 48.0 Å². The maximum absolute atomic E-state index is 15.1. The zero-order valence-electron chi connectivity index (χ0n) is 85.6. The summed E-state index contributed by atoms with van der Waals surface area (Å²) in [6, 6.07) is 11.0. The number of carbonyl (C=O) groups is 15. The number of aldehydes is 1.